The lowest BCUT2D eigenvalue weighted by Crippen LogP contribution is -2.33. The molecule has 1 rings (SSSR count). The first-order valence-electron chi connectivity index (χ1n) is 7.51. The van der Waals surface area contributed by atoms with Crippen LogP contribution in [-0.4, -0.2) is 32.4 Å². The lowest BCUT2D eigenvalue weighted by atomic mass is 10.2. The van der Waals surface area contributed by atoms with Crippen LogP contribution in [0.5, 0.6) is 0 Å². The van der Waals surface area contributed by atoms with E-state index in [0.717, 1.165) is 18.6 Å². The van der Waals surface area contributed by atoms with Crippen LogP contribution in [0.2, 0.25) is 10.0 Å². The van der Waals surface area contributed by atoms with Crippen molar-refractivity contribution in [3.8, 4) is 0 Å². The second-order valence-electron chi connectivity index (χ2n) is 5.52. The Morgan fingerprint density at radius 2 is 1.84 bits per heavy atom. The average Bonchev–Trinajstić information content (AvgIpc) is 2.45. The molecule has 0 aliphatic heterocycles. The predicted octanol–water partition coefficient (Wildman–Crippen LogP) is 2.49. The van der Waals surface area contributed by atoms with Crippen LogP contribution in [0.3, 0.4) is 0 Å². The maximum atomic E-state index is 12.5. The van der Waals surface area contributed by atoms with E-state index in [9.17, 15) is 18.0 Å². The van der Waals surface area contributed by atoms with E-state index in [2.05, 4.69) is 4.72 Å². The normalized spacial score (nSPS) is 14.0. The van der Waals surface area contributed by atoms with Crippen LogP contribution in [0.25, 0.3) is 0 Å². The minimum absolute atomic E-state index is 0.104. The third-order valence-electron chi connectivity index (χ3n) is 3.29. The van der Waals surface area contributed by atoms with Gasteiger partial charge in [0.25, 0.3) is 5.91 Å². The van der Waals surface area contributed by atoms with Crippen LogP contribution in [0.1, 0.15) is 44.0 Å². The molecule has 0 aliphatic rings. The Labute approximate surface area is 156 Å². The molecule has 25 heavy (non-hydrogen) atoms. The van der Waals surface area contributed by atoms with Gasteiger partial charge in [-0.2, -0.15) is 0 Å². The van der Waals surface area contributed by atoms with Crippen LogP contribution in [0.4, 0.5) is 0 Å². The number of rotatable bonds is 8. The van der Waals surface area contributed by atoms with Crippen molar-refractivity contribution in [1.82, 2.24) is 4.72 Å². The Morgan fingerprint density at radius 1 is 1.24 bits per heavy atom. The van der Waals surface area contributed by atoms with Crippen molar-refractivity contribution >= 4 is 45.1 Å². The summed E-state index contributed by atoms with van der Waals surface area (Å²) in [5.74, 6) is -1.83. The fourth-order valence-corrected chi connectivity index (χ4v) is 4.12. The average molecular weight is 411 g/mol. The number of esters is 1. The molecule has 1 aromatic rings. The maximum absolute atomic E-state index is 12.5. The maximum Gasteiger partial charge on any atom is 0.340 e. The molecular weight excluding hydrogens is 391 g/mol. The highest BCUT2D eigenvalue weighted by atomic mass is 35.5. The summed E-state index contributed by atoms with van der Waals surface area (Å²) in [6, 6.07) is 1.84. The van der Waals surface area contributed by atoms with Crippen LogP contribution in [0.15, 0.2) is 17.0 Å². The molecule has 0 heterocycles. The fourth-order valence-electron chi connectivity index (χ4n) is 1.99. The second-order valence-corrected chi connectivity index (χ2v) is 8.02. The predicted molar refractivity (Wildman–Crippen MR) is 95.2 cm³/mol. The summed E-state index contributed by atoms with van der Waals surface area (Å²) in [6.45, 7) is 4.93. The molecule has 1 aromatic carbocycles. The van der Waals surface area contributed by atoms with Gasteiger partial charge < -0.3 is 10.5 Å². The number of ether oxygens (including phenoxy) is 1. The van der Waals surface area contributed by atoms with Gasteiger partial charge in [0.1, 0.15) is 4.90 Å². The zero-order valence-electron chi connectivity index (χ0n) is 14.0. The summed E-state index contributed by atoms with van der Waals surface area (Å²) in [7, 11) is -3.97. The van der Waals surface area contributed by atoms with Gasteiger partial charge in [-0.3, -0.25) is 4.79 Å². The number of nitrogens with two attached hydrogens (primary N) is 1. The molecule has 3 N–H and O–H groups in total. The Balaban J connectivity index is 3.23. The minimum Gasteiger partial charge on any atom is -0.449 e. The molecule has 2 atom stereocenters. The standard InChI is InChI=1S/C15H20Cl2N2O5S/c1-4-5-8(2)19-25(22,23)13-6-10(11(16)7-12(13)17)15(21)24-9(3)14(18)20/h6-9,19H,4-5H2,1-3H3,(H2,18,20)/t8-,9+/m0/s1. The van der Waals surface area contributed by atoms with Gasteiger partial charge >= 0.3 is 5.97 Å². The molecule has 7 nitrogen and oxygen atoms in total. The van der Waals surface area contributed by atoms with Crippen molar-refractivity contribution in [3.05, 3.63) is 27.7 Å². The van der Waals surface area contributed by atoms with Gasteiger partial charge in [-0.05, 0) is 32.4 Å². The van der Waals surface area contributed by atoms with Crippen LogP contribution < -0.4 is 10.5 Å². The van der Waals surface area contributed by atoms with Gasteiger partial charge in [-0.15, -0.1) is 0 Å². The van der Waals surface area contributed by atoms with Crippen molar-refractivity contribution < 1.29 is 22.7 Å². The molecule has 0 aliphatic carbocycles. The Morgan fingerprint density at radius 3 is 2.36 bits per heavy atom. The van der Waals surface area contributed by atoms with E-state index in [1.165, 1.54) is 6.92 Å². The van der Waals surface area contributed by atoms with Gasteiger partial charge in [-0.25, -0.2) is 17.9 Å². The van der Waals surface area contributed by atoms with Crippen molar-refractivity contribution in [2.45, 2.75) is 50.7 Å². The van der Waals surface area contributed by atoms with E-state index < -0.39 is 28.0 Å². The molecule has 0 aromatic heterocycles. The topological polar surface area (TPSA) is 116 Å². The molecule has 10 heteroatoms. The first-order chi connectivity index (χ1) is 11.5. The Hall–Kier alpha value is -1.35. The Kier molecular flexibility index (Phi) is 7.67. The smallest absolute Gasteiger partial charge is 0.340 e. The fraction of sp³-hybridized carbons (Fsp3) is 0.467. The highest BCUT2D eigenvalue weighted by Gasteiger charge is 2.26. The van der Waals surface area contributed by atoms with Crippen molar-refractivity contribution in [2.75, 3.05) is 0 Å². The summed E-state index contributed by atoms with van der Waals surface area (Å²) < 4.78 is 32.3. The van der Waals surface area contributed by atoms with Crippen LogP contribution >= 0.6 is 23.2 Å². The molecule has 0 radical (unpaired) electrons. The number of sulfonamides is 1. The molecular formula is C15H20Cl2N2O5S. The molecule has 0 spiro atoms. The zero-order valence-corrected chi connectivity index (χ0v) is 16.3. The van der Waals surface area contributed by atoms with Gasteiger partial charge in [0.15, 0.2) is 6.10 Å². The summed E-state index contributed by atoms with van der Waals surface area (Å²) >= 11 is 11.9. The van der Waals surface area contributed by atoms with Gasteiger partial charge in [0.05, 0.1) is 15.6 Å². The molecule has 140 valence electrons. The molecule has 0 bridgehead atoms. The van der Waals surface area contributed by atoms with Crippen molar-refractivity contribution in [2.24, 2.45) is 5.73 Å². The number of halogens is 2. The summed E-state index contributed by atoms with van der Waals surface area (Å²) in [5, 5.41) is -0.243. The number of primary amides is 1. The third-order valence-corrected chi connectivity index (χ3v) is 5.66. The van der Waals surface area contributed by atoms with Crippen LogP contribution in [0, 0.1) is 0 Å². The number of hydrogen-bond acceptors (Lipinski definition) is 5. The van der Waals surface area contributed by atoms with E-state index in [0.29, 0.717) is 6.42 Å². The minimum atomic E-state index is -3.97. The molecule has 0 unspecified atom stereocenters. The van der Waals surface area contributed by atoms with Crippen molar-refractivity contribution in [1.29, 1.82) is 0 Å². The van der Waals surface area contributed by atoms with E-state index >= 15 is 0 Å². The number of hydrogen-bond donors (Lipinski definition) is 2. The largest absolute Gasteiger partial charge is 0.449 e. The highest BCUT2D eigenvalue weighted by molar-refractivity contribution is 7.89. The van der Waals surface area contributed by atoms with Crippen LogP contribution in [-0.2, 0) is 19.6 Å². The quantitative estimate of drug-likeness (QED) is 0.638. The number of carbonyl (C=O) groups is 2. The SMILES string of the molecule is CCC[C@H](C)NS(=O)(=O)c1cc(C(=O)O[C@H](C)C(N)=O)c(Cl)cc1Cl. The lowest BCUT2D eigenvalue weighted by molar-refractivity contribution is -0.125. The number of carbonyl (C=O) groups excluding carboxylic acids is 2. The number of benzene rings is 1. The highest BCUT2D eigenvalue weighted by Crippen LogP contribution is 2.29. The van der Waals surface area contributed by atoms with Gasteiger partial charge in [-0.1, -0.05) is 36.5 Å². The first-order valence-corrected chi connectivity index (χ1v) is 9.75. The van der Waals surface area contributed by atoms with E-state index in [1.807, 2.05) is 6.92 Å². The van der Waals surface area contributed by atoms with Crippen molar-refractivity contribution in [3.63, 3.8) is 0 Å². The lowest BCUT2D eigenvalue weighted by Gasteiger charge is -2.16. The van der Waals surface area contributed by atoms with E-state index in [-0.39, 0.29) is 26.5 Å². The second kappa shape index (κ2) is 8.84. The number of nitrogens with one attached hydrogen (secondary N) is 1. The molecule has 0 saturated carbocycles. The summed E-state index contributed by atoms with van der Waals surface area (Å²) in [4.78, 5) is 22.8. The summed E-state index contributed by atoms with van der Waals surface area (Å²) in [5.41, 5.74) is 4.80. The van der Waals surface area contributed by atoms with E-state index in [4.69, 9.17) is 33.7 Å². The molecule has 0 saturated heterocycles. The molecule has 0 fully saturated rings. The monoisotopic (exact) mass is 410 g/mol. The number of amides is 1. The van der Waals surface area contributed by atoms with Gasteiger partial charge in [0.2, 0.25) is 10.0 Å². The molecule has 1 amide bonds. The van der Waals surface area contributed by atoms with E-state index in [1.54, 1.807) is 6.92 Å². The Bertz CT molecular complexity index is 767. The first kappa shape index (κ1) is 21.7. The zero-order chi connectivity index (χ0) is 19.4. The summed E-state index contributed by atoms with van der Waals surface area (Å²) in [6.07, 6.45) is 0.234. The third kappa shape index (κ3) is 5.85. The van der Waals surface area contributed by atoms with Gasteiger partial charge in [0, 0.05) is 6.04 Å².